The molecule has 59 heavy (non-hydrogen) atoms. The van der Waals surface area contributed by atoms with Gasteiger partial charge in [-0.3, -0.25) is 4.79 Å². The molecular weight excluding hydrogens is 814 g/mol. The molecule has 25 atom stereocenters. The van der Waals surface area contributed by atoms with Crippen LogP contribution in [-0.2, 0) is 47.4 Å². The minimum atomic E-state index is -2.15. The molecule has 5 rings (SSSR count). The Balaban J connectivity index is 1.35. The van der Waals surface area contributed by atoms with E-state index in [4.69, 9.17) is 42.6 Å². The number of ether oxygens (including phenoxy) is 9. The molecular formula is C32H55NO26. The van der Waals surface area contributed by atoms with Crippen molar-refractivity contribution in [3.63, 3.8) is 0 Å². The molecule has 0 saturated carbocycles. The molecule has 344 valence electrons. The molecule has 5 fully saturated rings. The quantitative estimate of drug-likeness (QED) is 0.0770. The van der Waals surface area contributed by atoms with Crippen LogP contribution in [0, 0.1) is 0 Å². The highest BCUT2D eigenvalue weighted by Crippen LogP contribution is 2.35. The first kappa shape index (κ1) is 48.5. The van der Waals surface area contributed by atoms with Gasteiger partial charge in [0.1, 0.15) is 122 Å². The van der Waals surface area contributed by atoms with E-state index in [0.717, 1.165) is 6.92 Å². The SMILES string of the molecule is CC(=O)N[C@H]1[C@@H](O[C@H]2[C@@H](O)[C@@H](CO)O[C@H](O[C@@H]3[C@H](O)[C@@H](O)[C@H](O[C@H]4[C@H](O)[C@@H](O)[C@H](O)O[C@@H]4CO)O[C@@H]3CO)[C@@H]2O)O[C@H](CO)[C@H](O)[C@@H]1O[C@@H]1O[C@H](CO)[C@H](O)[C@H](O)[C@H]1O. The molecule has 5 saturated heterocycles. The van der Waals surface area contributed by atoms with Gasteiger partial charge in [-0.2, -0.15) is 0 Å². The Morgan fingerprint density at radius 3 is 1.29 bits per heavy atom. The first-order valence-electron chi connectivity index (χ1n) is 18.6. The van der Waals surface area contributed by atoms with Gasteiger partial charge in [-0.1, -0.05) is 0 Å². The predicted octanol–water partition coefficient (Wildman–Crippen LogP) is -11.8. The van der Waals surface area contributed by atoms with Crippen molar-refractivity contribution in [2.75, 3.05) is 33.0 Å². The number of aliphatic hydroxyl groups is 16. The minimum absolute atomic E-state index is 0.805. The van der Waals surface area contributed by atoms with Gasteiger partial charge in [0.15, 0.2) is 31.5 Å². The number of rotatable bonds is 14. The van der Waals surface area contributed by atoms with Crippen molar-refractivity contribution < 1.29 is 129 Å². The molecule has 0 aromatic carbocycles. The summed E-state index contributed by atoms with van der Waals surface area (Å²) in [7, 11) is 0. The van der Waals surface area contributed by atoms with Crippen molar-refractivity contribution in [3.8, 4) is 0 Å². The van der Waals surface area contributed by atoms with E-state index >= 15 is 0 Å². The van der Waals surface area contributed by atoms with E-state index in [0.29, 0.717) is 0 Å². The topological polar surface area (TPSA) is 436 Å². The summed E-state index contributed by atoms with van der Waals surface area (Å²) in [5.41, 5.74) is 0. The zero-order valence-corrected chi connectivity index (χ0v) is 31.2. The van der Waals surface area contributed by atoms with E-state index in [1.807, 2.05) is 0 Å². The smallest absolute Gasteiger partial charge is 0.217 e. The van der Waals surface area contributed by atoms with Crippen LogP contribution in [-0.4, -0.2) is 274 Å². The summed E-state index contributed by atoms with van der Waals surface area (Å²) in [6.45, 7) is -3.58. The number of carbonyl (C=O) groups is 1. The summed E-state index contributed by atoms with van der Waals surface area (Å²) in [6, 6.07) is -1.67. The van der Waals surface area contributed by atoms with E-state index in [-0.39, 0.29) is 0 Å². The van der Waals surface area contributed by atoms with Crippen LogP contribution in [0.2, 0.25) is 0 Å². The molecule has 0 unspecified atom stereocenters. The van der Waals surface area contributed by atoms with Crippen molar-refractivity contribution in [2.45, 2.75) is 160 Å². The van der Waals surface area contributed by atoms with Crippen molar-refractivity contribution in [3.05, 3.63) is 0 Å². The van der Waals surface area contributed by atoms with Crippen molar-refractivity contribution in [1.29, 1.82) is 0 Å². The molecule has 27 nitrogen and oxygen atoms in total. The maximum atomic E-state index is 12.4. The van der Waals surface area contributed by atoms with Gasteiger partial charge in [0.25, 0.3) is 0 Å². The zero-order chi connectivity index (χ0) is 43.6. The first-order chi connectivity index (χ1) is 27.9. The number of hydrogen-bond donors (Lipinski definition) is 17. The third kappa shape index (κ3) is 10.2. The van der Waals surface area contributed by atoms with Crippen LogP contribution in [0.25, 0.3) is 0 Å². The fourth-order valence-corrected chi connectivity index (χ4v) is 7.43. The maximum absolute atomic E-state index is 12.4. The molecule has 0 aliphatic carbocycles. The molecule has 5 aliphatic heterocycles. The summed E-state index contributed by atoms with van der Waals surface area (Å²) >= 11 is 0. The molecule has 27 heteroatoms. The van der Waals surface area contributed by atoms with Gasteiger partial charge in [-0.15, -0.1) is 0 Å². The Hall–Kier alpha value is -1.53. The lowest BCUT2D eigenvalue weighted by Crippen LogP contribution is -2.70. The average Bonchev–Trinajstić information content (AvgIpc) is 3.21. The van der Waals surface area contributed by atoms with Crippen LogP contribution in [0.4, 0.5) is 0 Å². The molecule has 5 heterocycles. The molecule has 5 aliphatic rings. The standard InChI is InChI=1S/C32H55NO26/c1-7(39)33-13-26(58-30-21(47)17(43)14(40)8(2-34)53-30)15(41)9(3-35)52-29(13)59-27-16(42)10(4-36)54-32(23(27)49)57-25-12(6-38)55-31(22(48)19(25)45)56-24-11(5-37)51-28(50)20(46)18(24)44/h8-32,34-38,40-50H,2-6H2,1H3,(H,33,39)/t8-,9-,10-,11-,12-,13-,14+,15+,16+,17+,18-,19-,20-,21-,22-,23-,24-,25+,26-,27+,28-,29-,30+,31+,32-/m1/s1. The van der Waals surface area contributed by atoms with Crippen LogP contribution >= 0.6 is 0 Å². The summed E-state index contributed by atoms with van der Waals surface area (Å²) in [6.07, 6.45) is -44.4. The maximum Gasteiger partial charge on any atom is 0.217 e. The van der Waals surface area contributed by atoms with Crippen LogP contribution in [0.5, 0.6) is 0 Å². The number of hydrogen-bond acceptors (Lipinski definition) is 26. The van der Waals surface area contributed by atoms with E-state index in [9.17, 15) is 86.5 Å². The third-order valence-electron chi connectivity index (χ3n) is 10.7. The lowest BCUT2D eigenvalue weighted by atomic mass is 9.94. The number of aliphatic hydroxyl groups excluding tert-OH is 16. The van der Waals surface area contributed by atoms with Gasteiger partial charge >= 0.3 is 0 Å². The molecule has 0 radical (unpaired) electrons. The highest BCUT2D eigenvalue weighted by atomic mass is 16.8. The fraction of sp³-hybridized carbons (Fsp3) is 0.969. The lowest BCUT2D eigenvalue weighted by Gasteiger charge is -2.50. The molecule has 0 aromatic heterocycles. The van der Waals surface area contributed by atoms with Gasteiger partial charge in [0, 0.05) is 6.92 Å². The van der Waals surface area contributed by atoms with Crippen LogP contribution in [0.15, 0.2) is 0 Å². The fourth-order valence-electron chi connectivity index (χ4n) is 7.43. The Bertz CT molecular complexity index is 1320. The molecule has 0 spiro atoms. The minimum Gasteiger partial charge on any atom is -0.394 e. The Morgan fingerprint density at radius 2 is 0.780 bits per heavy atom. The molecule has 1 amide bonds. The Kier molecular flexibility index (Phi) is 17.1. The van der Waals surface area contributed by atoms with Gasteiger partial charge in [-0.05, 0) is 0 Å². The molecule has 17 N–H and O–H groups in total. The largest absolute Gasteiger partial charge is 0.394 e. The number of nitrogens with one attached hydrogen (secondary N) is 1. The Labute approximate surface area is 333 Å². The summed E-state index contributed by atoms with van der Waals surface area (Å²) in [5.74, 6) is -0.805. The third-order valence-corrected chi connectivity index (χ3v) is 10.7. The van der Waals surface area contributed by atoms with Crippen LogP contribution in [0.1, 0.15) is 6.92 Å². The van der Waals surface area contributed by atoms with Gasteiger partial charge in [0.05, 0.1) is 33.0 Å². The summed E-state index contributed by atoms with van der Waals surface area (Å²) in [4.78, 5) is 12.4. The summed E-state index contributed by atoms with van der Waals surface area (Å²) in [5, 5.41) is 169. The second-order valence-corrected chi connectivity index (χ2v) is 14.7. The molecule has 0 bridgehead atoms. The lowest BCUT2D eigenvalue weighted by molar-refractivity contribution is -0.388. The van der Waals surface area contributed by atoms with Gasteiger partial charge < -0.3 is 130 Å². The highest BCUT2D eigenvalue weighted by molar-refractivity contribution is 5.73. The zero-order valence-electron chi connectivity index (χ0n) is 31.2. The Morgan fingerprint density at radius 1 is 0.407 bits per heavy atom. The van der Waals surface area contributed by atoms with Crippen molar-refractivity contribution in [2.24, 2.45) is 0 Å². The second kappa shape index (κ2) is 20.8. The normalized spacial score (nSPS) is 51.0. The number of amides is 1. The first-order valence-corrected chi connectivity index (χ1v) is 18.6. The van der Waals surface area contributed by atoms with E-state index in [1.54, 1.807) is 0 Å². The molecule has 0 aromatic rings. The number of carbonyl (C=O) groups excluding carboxylic acids is 1. The van der Waals surface area contributed by atoms with E-state index < -0.39 is 192 Å². The van der Waals surface area contributed by atoms with E-state index in [1.165, 1.54) is 0 Å². The second-order valence-electron chi connectivity index (χ2n) is 14.7. The van der Waals surface area contributed by atoms with Crippen LogP contribution < -0.4 is 5.32 Å². The highest BCUT2D eigenvalue weighted by Gasteiger charge is 2.57. The average molecular weight is 870 g/mol. The predicted molar refractivity (Wildman–Crippen MR) is 178 cm³/mol. The van der Waals surface area contributed by atoms with E-state index in [2.05, 4.69) is 5.32 Å². The van der Waals surface area contributed by atoms with Crippen molar-refractivity contribution >= 4 is 5.91 Å². The van der Waals surface area contributed by atoms with Gasteiger partial charge in [-0.25, -0.2) is 0 Å². The monoisotopic (exact) mass is 869 g/mol. The summed E-state index contributed by atoms with van der Waals surface area (Å²) < 4.78 is 50.1. The van der Waals surface area contributed by atoms with Gasteiger partial charge in [0.2, 0.25) is 5.91 Å². The van der Waals surface area contributed by atoms with Crippen molar-refractivity contribution in [1.82, 2.24) is 5.32 Å². The van der Waals surface area contributed by atoms with Crippen LogP contribution in [0.3, 0.4) is 0 Å².